The Morgan fingerprint density at radius 2 is 1.36 bits per heavy atom. The van der Waals surface area contributed by atoms with Crippen molar-refractivity contribution in [2.24, 2.45) is 5.92 Å². The van der Waals surface area contributed by atoms with Gasteiger partial charge in [-0.3, -0.25) is 4.79 Å². The van der Waals surface area contributed by atoms with E-state index in [0.29, 0.717) is 31.8 Å². The van der Waals surface area contributed by atoms with Gasteiger partial charge in [-0.05, 0) is 67.0 Å². The summed E-state index contributed by atoms with van der Waals surface area (Å²) in [6.45, 7) is 1.49. The monoisotopic (exact) mass is 506 g/mol. The number of hydrogen-bond donors (Lipinski definition) is 0. The topological polar surface area (TPSA) is 57.7 Å². The molecule has 0 spiro atoms. The van der Waals surface area contributed by atoms with E-state index in [2.05, 4.69) is 12.1 Å². The summed E-state index contributed by atoms with van der Waals surface area (Å²) in [4.78, 5) is 15.7. The predicted octanol–water partition coefficient (Wildman–Crippen LogP) is 5.37. The lowest BCUT2D eigenvalue weighted by molar-refractivity contribution is -0.138. The number of benzene rings is 3. The third-order valence-corrected chi connectivity index (χ3v) is 9.46. The molecule has 2 atom stereocenters. The van der Waals surface area contributed by atoms with E-state index in [1.54, 1.807) is 42.5 Å². The van der Waals surface area contributed by atoms with Crippen LogP contribution < -0.4 is 0 Å². The van der Waals surface area contributed by atoms with Gasteiger partial charge < -0.3 is 4.90 Å². The SMILES string of the molecule is O=C([C@@H]1CC[C@H](c2ccc(F)cc2)N(S(=O)(=O)c2ccccc2)C1)N1CCC(c2ccccc2)CC1. The first-order valence-corrected chi connectivity index (χ1v) is 14.0. The molecule has 2 aliphatic rings. The van der Waals surface area contributed by atoms with E-state index in [9.17, 15) is 17.6 Å². The second-order valence-corrected chi connectivity index (χ2v) is 11.6. The Hall–Kier alpha value is -3.03. The van der Waals surface area contributed by atoms with Crippen LogP contribution in [0.5, 0.6) is 0 Å². The molecule has 0 radical (unpaired) electrons. The van der Waals surface area contributed by atoms with Gasteiger partial charge >= 0.3 is 0 Å². The Balaban J connectivity index is 1.35. The van der Waals surface area contributed by atoms with Crippen LogP contribution in [-0.4, -0.2) is 43.2 Å². The molecule has 2 heterocycles. The van der Waals surface area contributed by atoms with Crippen LogP contribution in [0.2, 0.25) is 0 Å². The van der Waals surface area contributed by atoms with Crippen molar-refractivity contribution in [3.63, 3.8) is 0 Å². The Bertz CT molecular complexity index is 1280. The standard InChI is InChI=1S/C29H31FN2O3S/c30-26-14-11-24(12-15-26)28-16-13-25(21-32(28)36(34,35)27-9-5-2-6-10-27)29(33)31-19-17-23(18-20-31)22-7-3-1-4-8-22/h1-12,14-15,23,25,28H,13,16-21H2/t25-,28-/m1/s1. The van der Waals surface area contributed by atoms with Gasteiger partial charge in [-0.25, -0.2) is 12.8 Å². The first-order valence-electron chi connectivity index (χ1n) is 12.6. The first kappa shape index (κ1) is 24.7. The van der Waals surface area contributed by atoms with Crippen LogP contribution in [0.1, 0.15) is 48.8 Å². The highest BCUT2D eigenvalue weighted by molar-refractivity contribution is 7.89. The van der Waals surface area contributed by atoms with E-state index in [1.165, 1.54) is 22.0 Å². The second-order valence-electron chi connectivity index (χ2n) is 9.74. The van der Waals surface area contributed by atoms with Gasteiger partial charge in [-0.1, -0.05) is 60.7 Å². The summed E-state index contributed by atoms with van der Waals surface area (Å²) in [5, 5.41) is 0. The number of piperidine rings is 2. The zero-order valence-corrected chi connectivity index (χ0v) is 21.0. The summed E-state index contributed by atoms with van der Waals surface area (Å²) in [6.07, 6.45) is 2.92. The van der Waals surface area contributed by atoms with Gasteiger partial charge in [0.2, 0.25) is 15.9 Å². The minimum absolute atomic E-state index is 0.0346. The Kier molecular flexibility index (Phi) is 7.21. The average molecular weight is 507 g/mol. The normalized spacial score (nSPS) is 21.9. The molecule has 3 aromatic rings. The fraction of sp³-hybridized carbons (Fsp3) is 0.345. The Morgan fingerprint density at radius 1 is 0.750 bits per heavy atom. The smallest absolute Gasteiger partial charge is 0.243 e. The van der Waals surface area contributed by atoms with Crippen LogP contribution in [-0.2, 0) is 14.8 Å². The molecule has 0 bridgehead atoms. The molecule has 0 unspecified atom stereocenters. The lowest BCUT2D eigenvalue weighted by Gasteiger charge is -2.41. The minimum atomic E-state index is -3.84. The molecule has 1 amide bonds. The van der Waals surface area contributed by atoms with E-state index >= 15 is 0 Å². The van der Waals surface area contributed by atoms with Gasteiger partial charge in [-0.2, -0.15) is 4.31 Å². The molecule has 5 rings (SSSR count). The Morgan fingerprint density at radius 3 is 2.00 bits per heavy atom. The van der Waals surface area contributed by atoms with E-state index < -0.39 is 22.0 Å². The maximum atomic E-state index is 13.7. The molecular weight excluding hydrogens is 475 g/mol. The highest BCUT2D eigenvalue weighted by Crippen LogP contribution is 2.39. The summed E-state index contributed by atoms with van der Waals surface area (Å²) in [5.74, 6) is -0.279. The highest BCUT2D eigenvalue weighted by Gasteiger charge is 2.41. The van der Waals surface area contributed by atoms with Crippen molar-refractivity contribution in [1.82, 2.24) is 9.21 Å². The largest absolute Gasteiger partial charge is 0.342 e. The zero-order valence-electron chi connectivity index (χ0n) is 20.2. The minimum Gasteiger partial charge on any atom is -0.342 e. The van der Waals surface area contributed by atoms with E-state index in [0.717, 1.165) is 18.4 Å². The van der Waals surface area contributed by atoms with Gasteiger partial charge in [0.1, 0.15) is 5.82 Å². The number of rotatable bonds is 5. The molecular formula is C29H31FN2O3S. The van der Waals surface area contributed by atoms with Crippen molar-refractivity contribution in [3.8, 4) is 0 Å². The Labute approximate surface area is 212 Å². The van der Waals surface area contributed by atoms with Crippen LogP contribution in [0, 0.1) is 11.7 Å². The van der Waals surface area contributed by atoms with Crippen LogP contribution >= 0.6 is 0 Å². The third-order valence-electron chi connectivity index (χ3n) is 7.57. The number of sulfonamides is 1. The summed E-state index contributed by atoms with van der Waals surface area (Å²) in [5.41, 5.74) is 2.05. The fourth-order valence-electron chi connectivity index (χ4n) is 5.57. The quantitative estimate of drug-likeness (QED) is 0.467. The zero-order chi connectivity index (χ0) is 25.1. The van der Waals surface area contributed by atoms with Crippen molar-refractivity contribution < 1.29 is 17.6 Å². The predicted molar refractivity (Wildman–Crippen MR) is 137 cm³/mol. The number of likely N-dealkylation sites (tertiary alicyclic amines) is 1. The van der Waals surface area contributed by atoms with Gasteiger partial charge in [0.05, 0.1) is 16.9 Å². The molecule has 5 nitrogen and oxygen atoms in total. The first-order chi connectivity index (χ1) is 17.4. The van der Waals surface area contributed by atoms with Crippen LogP contribution in [0.3, 0.4) is 0 Å². The summed E-state index contributed by atoms with van der Waals surface area (Å²) < 4.78 is 42.5. The van der Waals surface area contributed by atoms with Crippen LogP contribution in [0.15, 0.2) is 89.8 Å². The van der Waals surface area contributed by atoms with Gasteiger partial charge in [0, 0.05) is 19.6 Å². The molecule has 188 valence electrons. The van der Waals surface area contributed by atoms with E-state index in [-0.39, 0.29) is 23.2 Å². The van der Waals surface area contributed by atoms with Gasteiger partial charge in [0.15, 0.2) is 0 Å². The molecule has 0 N–H and O–H groups in total. The number of halogens is 1. The van der Waals surface area contributed by atoms with E-state index in [1.807, 2.05) is 23.1 Å². The van der Waals surface area contributed by atoms with Gasteiger partial charge in [0.25, 0.3) is 0 Å². The molecule has 2 fully saturated rings. The van der Waals surface area contributed by atoms with E-state index in [4.69, 9.17) is 0 Å². The number of amides is 1. The number of nitrogens with zero attached hydrogens (tertiary/aromatic N) is 2. The molecule has 0 aliphatic carbocycles. The van der Waals surface area contributed by atoms with Crippen LogP contribution in [0.25, 0.3) is 0 Å². The fourth-order valence-corrected chi connectivity index (χ4v) is 7.28. The number of carbonyl (C=O) groups is 1. The molecule has 2 saturated heterocycles. The molecule has 36 heavy (non-hydrogen) atoms. The van der Waals surface area contributed by atoms with Crippen LogP contribution in [0.4, 0.5) is 4.39 Å². The van der Waals surface area contributed by atoms with Crippen molar-refractivity contribution in [1.29, 1.82) is 0 Å². The second kappa shape index (κ2) is 10.5. The average Bonchev–Trinajstić information content (AvgIpc) is 2.94. The lowest BCUT2D eigenvalue weighted by atomic mass is 9.87. The molecule has 3 aromatic carbocycles. The summed E-state index contributed by atoms with van der Waals surface area (Å²) in [6, 6.07) is 24.3. The molecule has 2 aliphatic heterocycles. The third kappa shape index (κ3) is 5.08. The molecule has 0 aromatic heterocycles. The maximum absolute atomic E-state index is 13.7. The summed E-state index contributed by atoms with van der Waals surface area (Å²) in [7, 11) is -3.84. The molecule has 0 saturated carbocycles. The van der Waals surface area contributed by atoms with Crippen molar-refractivity contribution in [2.45, 2.75) is 42.5 Å². The van der Waals surface area contributed by atoms with Crippen molar-refractivity contribution in [3.05, 3.63) is 102 Å². The summed E-state index contributed by atoms with van der Waals surface area (Å²) >= 11 is 0. The van der Waals surface area contributed by atoms with Crippen molar-refractivity contribution in [2.75, 3.05) is 19.6 Å². The number of hydrogen-bond acceptors (Lipinski definition) is 3. The highest BCUT2D eigenvalue weighted by atomic mass is 32.2. The lowest BCUT2D eigenvalue weighted by Crippen LogP contribution is -2.49. The van der Waals surface area contributed by atoms with Gasteiger partial charge in [-0.15, -0.1) is 0 Å². The van der Waals surface area contributed by atoms with Crippen molar-refractivity contribution >= 4 is 15.9 Å². The number of carbonyl (C=O) groups excluding carboxylic acids is 1. The molecule has 7 heteroatoms. The maximum Gasteiger partial charge on any atom is 0.243 e.